The summed E-state index contributed by atoms with van der Waals surface area (Å²) in [5, 5.41) is 0. The molecule has 0 radical (unpaired) electrons. The minimum Gasteiger partial charge on any atom is -0.479 e. The standard InChI is InChI=1S/C13H20N4O2S/c1-9(2)7-19-6-4-5-17-11-10(16-13(17)20)12(18-3)15-8-14-11/h8-9H,4-7H2,1-3H3,(H,16,20). The van der Waals surface area contributed by atoms with Crippen molar-refractivity contribution in [2.45, 2.75) is 26.8 Å². The van der Waals surface area contributed by atoms with Crippen LogP contribution in [0.1, 0.15) is 20.3 Å². The minimum absolute atomic E-state index is 0.510. The molecule has 0 spiro atoms. The van der Waals surface area contributed by atoms with Gasteiger partial charge >= 0.3 is 0 Å². The zero-order chi connectivity index (χ0) is 14.5. The molecule has 0 bridgehead atoms. The van der Waals surface area contributed by atoms with Gasteiger partial charge in [-0.15, -0.1) is 0 Å². The van der Waals surface area contributed by atoms with E-state index in [2.05, 4.69) is 28.8 Å². The third-order valence-corrected chi connectivity index (χ3v) is 3.16. The Morgan fingerprint density at radius 3 is 2.90 bits per heavy atom. The first-order chi connectivity index (χ1) is 9.63. The Hall–Kier alpha value is -1.47. The third-order valence-electron chi connectivity index (χ3n) is 2.84. The third kappa shape index (κ3) is 3.34. The van der Waals surface area contributed by atoms with E-state index < -0.39 is 0 Å². The predicted octanol–water partition coefficient (Wildman–Crippen LogP) is 2.56. The van der Waals surface area contributed by atoms with Gasteiger partial charge in [0.25, 0.3) is 0 Å². The summed E-state index contributed by atoms with van der Waals surface area (Å²) < 4.78 is 13.4. The molecule has 110 valence electrons. The molecule has 2 aromatic rings. The van der Waals surface area contributed by atoms with Crippen LogP contribution < -0.4 is 4.74 Å². The Kier molecular flexibility index (Phi) is 5.08. The molecule has 0 saturated heterocycles. The van der Waals surface area contributed by atoms with Crippen molar-refractivity contribution in [2.75, 3.05) is 20.3 Å². The molecule has 0 aliphatic carbocycles. The first kappa shape index (κ1) is 14.9. The summed E-state index contributed by atoms with van der Waals surface area (Å²) in [4.78, 5) is 11.4. The molecule has 2 heterocycles. The molecule has 0 saturated carbocycles. The second-order valence-corrected chi connectivity index (χ2v) is 5.37. The zero-order valence-corrected chi connectivity index (χ0v) is 12.9. The summed E-state index contributed by atoms with van der Waals surface area (Å²) in [6, 6.07) is 0. The van der Waals surface area contributed by atoms with Crippen LogP contribution in [-0.4, -0.2) is 39.8 Å². The number of rotatable bonds is 7. The SMILES string of the molecule is COc1ncnc2c1[nH]c(=S)n2CCCOCC(C)C. The average molecular weight is 296 g/mol. The van der Waals surface area contributed by atoms with Crippen molar-refractivity contribution in [3.63, 3.8) is 0 Å². The summed E-state index contributed by atoms with van der Waals surface area (Å²) in [5.41, 5.74) is 1.51. The van der Waals surface area contributed by atoms with E-state index in [0.717, 1.165) is 37.3 Å². The van der Waals surface area contributed by atoms with Gasteiger partial charge in [0.15, 0.2) is 10.4 Å². The van der Waals surface area contributed by atoms with Gasteiger partial charge in [-0.1, -0.05) is 13.8 Å². The van der Waals surface area contributed by atoms with Crippen molar-refractivity contribution in [3.8, 4) is 5.88 Å². The smallest absolute Gasteiger partial charge is 0.242 e. The van der Waals surface area contributed by atoms with Crippen molar-refractivity contribution < 1.29 is 9.47 Å². The molecule has 0 amide bonds. The molecule has 7 heteroatoms. The second kappa shape index (κ2) is 6.81. The van der Waals surface area contributed by atoms with E-state index in [0.29, 0.717) is 16.6 Å². The molecule has 0 aromatic carbocycles. The number of ether oxygens (including phenoxy) is 2. The second-order valence-electron chi connectivity index (χ2n) is 4.99. The Bertz CT molecular complexity index is 620. The van der Waals surface area contributed by atoms with Gasteiger partial charge in [0.1, 0.15) is 11.8 Å². The van der Waals surface area contributed by atoms with Crippen molar-refractivity contribution >= 4 is 23.4 Å². The number of imidazole rings is 1. The largest absolute Gasteiger partial charge is 0.479 e. The summed E-state index contributed by atoms with van der Waals surface area (Å²) in [5.74, 6) is 1.07. The van der Waals surface area contributed by atoms with Gasteiger partial charge in [0.05, 0.1) is 7.11 Å². The number of aromatic amines is 1. The van der Waals surface area contributed by atoms with E-state index in [1.807, 2.05) is 4.57 Å². The lowest BCUT2D eigenvalue weighted by molar-refractivity contribution is 0.105. The van der Waals surface area contributed by atoms with Crippen molar-refractivity contribution in [1.29, 1.82) is 0 Å². The number of nitrogens with one attached hydrogen (secondary N) is 1. The van der Waals surface area contributed by atoms with Crippen LogP contribution in [0.2, 0.25) is 0 Å². The van der Waals surface area contributed by atoms with Gasteiger partial charge in [-0.05, 0) is 24.6 Å². The number of hydrogen-bond donors (Lipinski definition) is 1. The molecule has 20 heavy (non-hydrogen) atoms. The maximum Gasteiger partial charge on any atom is 0.242 e. The van der Waals surface area contributed by atoms with Crippen LogP contribution in [0.4, 0.5) is 0 Å². The summed E-state index contributed by atoms with van der Waals surface area (Å²) in [6.07, 6.45) is 2.37. The van der Waals surface area contributed by atoms with Crippen molar-refractivity contribution in [3.05, 3.63) is 11.1 Å². The van der Waals surface area contributed by atoms with Gasteiger partial charge in [0, 0.05) is 19.8 Å². The van der Waals surface area contributed by atoms with E-state index in [1.54, 1.807) is 7.11 Å². The molecule has 1 N–H and O–H groups in total. The highest BCUT2D eigenvalue weighted by molar-refractivity contribution is 7.71. The van der Waals surface area contributed by atoms with Crippen molar-refractivity contribution in [2.24, 2.45) is 5.92 Å². The summed E-state index contributed by atoms with van der Waals surface area (Å²) in [7, 11) is 1.58. The van der Waals surface area contributed by atoms with Crippen molar-refractivity contribution in [1.82, 2.24) is 19.5 Å². The van der Waals surface area contributed by atoms with E-state index in [9.17, 15) is 0 Å². The Morgan fingerprint density at radius 2 is 2.20 bits per heavy atom. The molecule has 0 aliphatic rings. The predicted molar refractivity (Wildman–Crippen MR) is 79.5 cm³/mol. The first-order valence-electron chi connectivity index (χ1n) is 6.68. The first-order valence-corrected chi connectivity index (χ1v) is 7.09. The van der Waals surface area contributed by atoms with Gasteiger partial charge in [0.2, 0.25) is 5.88 Å². The topological polar surface area (TPSA) is 65.0 Å². The number of aryl methyl sites for hydroxylation is 1. The molecule has 0 fully saturated rings. The molecular weight excluding hydrogens is 276 g/mol. The highest BCUT2D eigenvalue weighted by Gasteiger charge is 2.10. The van der Waals surface area contributed by atoms with Gasteiger partial charge in [-0.25, -0.2) is 4.98 Å². The Morgan fingerprint density at radius 1 is 1.40 bits per heavy atom. The van der Waals surface area contributed by atoms with Crippen LogP contribution in [0.15, 0.2) is 6.33 Å². The molecular formula is C13H20N4O2S. The zero-order valence-electron chi connectivity index (χ0n) is 12.0. The minimum atomic E-state index is 0.510. The lowest BCUT2D eigenvalue weighted by Crippen LogP contribution is -2.07. The monoisotopic (exact) mass is 296 g/mol. The molecule has 0 unspecified atom stereocenters. The van der Waals surface area contributed by atoms with Crippen LogP contribution in [0.5, 0.6) is 5.88 Å². The van der Waals surface area contributed by atoms with Gasteiger partial charge < -0.3 is 19.0 Å². The fraction of sp³-hybridized carbons (Fsp3) is 0.615. The molecule has 2 aromatic heterocycles. The molecule has 2 rings (SSSR count). The van der Waals surface area contributed by atoms with E-state index in [1.165, 1.54) is 6.33 Å². The lowest BCUT2D eigenvalue weighted by Gasteiger charge is -2.07. The highest BCUT2D eigenvalue weighted by atomic mass is 32.1. The van der Waals surface area contributed by atoms with Crippen LogP contribution in [0.3, 0.4) is 0 Å². The average Bonchev–Trinajstić information content (AvgIpc) is 2.74. The van der Waals surface area contributed by atoms with Crippen LogP contribution in [0.25, 0.3) is 11.2 Å². The number of aromatic nitrogens is 4. The summed E-state index contributed by atoms with van der Waals surface area (Å²) >= 11 is 5.32. The maximum absolute atomic E-state index is 5.58. The number of hydrogen-bond acceptors (Lipinski definition) is 5. The molecule has 6 nitrogen and oxygen atoms in total. The van der Waals surface area contributed by atoms with Crippen LogP contribution in [0, 0.1) is 10.7 Å². The highest BCUT2D eigenvalue weighted by Crippen LogP contribution is 2.20. The number of methoxy groups -OCH3 is 1. The number of fused-ring (bicyclic) bond motifs is 1. The fourth-order valence-corrected chi connectivity index (χ4v) is 2.23. The van der Waals surface area contributed by atoms with E-state index >= 15 is 0 Å². The van der Waals surface area contributed by atoms with Crippen LogP contribution in [-0.2, 0) is 11.3 Å². The number of nitrogens with zero attached hydrogens (tertiary/aromatic N) is 3. The van der Waals surface area contributed by atoms with E-state index in [4.69, 9.17) is 21.7 Å². The lowest BCUT2D eigenvalue weighted by atomic mass is 10.2. The Balaban J connectivity index is 2.07. The summed E-state index contributed by atoms with van der Waals surface area (Å²) in [6.45, 7) is 6.54. The molecule has 0 atom stereocenters. The quantitative estimate of drug-likeness (QED) is 0.628. The Labute approximate surface area is 123 Å². The number of H-pyrrole nitrogens is 1. The fourth-order valence-electron chi connectivity index (χ4n) is 1.95. The van der Waals surface area contributed by atoms with Crippen LogP contribution >= 0.6 is 12.2 Å². The van der Waals surface area contributed by atoms with Gasteiger partial charge in [-0.2, -0.15) is 4.98 Å². The maximum atomic E-state index is 5.58. The van der Waals surface area contributed by atoms with E-state index in [-0.39, 0.29) is 0 Å². The molecule has 0 aliphatic heterocycles. The van der Waals surface area contributed by atoms with Gasteiger partial charge in [-0.3, -0.25) is 0 Å². The normalized spacial score (nSPS) is 11.4.